The van der Waals surface area contributed by atoms with Crippen LogP contribution in [0.5, 0.6) is 0 Å². The van der Waals surface area contributed by atoms with Gasteiger partial charge in [-0.15, -0.1) is 11.3 Å². The van der Waals surface area contributed by atoms with Crippen LogP contribution < -0.4 is 0 Å². The van der Waals surface area contributed by atoms with E-state index in [4.69, 9.17) is 4.52 Å². The highest BCUT2D eigenvalue weighted by Gasteiger charge is 2.34. The van der Waals surface area contributed by atoms with Crippen molar-refractivity contribution < 1.29 is 12.9 Å². The normalized spacial score (nSPS) is 19.9. The van der Waals surface area contributed by atoms with E-state index < -0.39 is 10.0 Å². The topological polar surface area (TPSA) is 66.7 Å². The summed E-state index contributed by atoms with van der Waals surface area (Å²) in [6, 6.07) is 3.51. The zero-order chi connectivity index (χ0) is 17.2. The van der Waals surface area contributed by atoms with Gasteiger partial charge in [-0.1, -0.05) is 11.6 Å². The summed E-state index contributed by atoms with van der Waals surface area (Å²) < 4.78 is 33.4. The summed E-state index contributed by atoms with van der Waals surface area (Å²) in [5, 5.41) is 5.49. The smallest absolute Gasteiger partial charge is 0.252 e. The van der Waals surface area contributed by atoms with Gasteiger partial charge in [0.15, 0.2) is 5.76 Å². The number of piperidine rings is 1. The van der Waals surface area contributed by atoms with Crippen LogP contribution in [0.3, 0.4) is 0 Å². The molecule has 0 bridgehead atoms. The van der Waals surface area contributed by atoms with Crippen LogP contribution in [0.4, 0.5) is 0 Å². The molecule has 0 amide bonds. The molecule has 3 heterocycles. The Labute approximate surface area is 147 Å². The minimum absolute atomic E-state index is 0.0852. The van der Waals surface area contributed by atoms with Crippen molar-refractivity contribution in [2.45, 2.75) is 35.9 Å². The summed E-state index contributed by atoms with van der Waals surface area (Å²) in [6.07, 6.45) is 5.39. The van der Waals surface area contributed by atoms with Crippen LogP contribution in [0, 0.1) is 0 Å². The van der Waals surface area contributed by atoms with E-state index in [1.165, 1.54) is 11.3 Å². The van der Waals surface area contributed by atoms with Crippen LogP contribution in [-0.2, 0) is 10.0 Å². The first-order valence-electron chi connectivity index (χ1n) is 8.14. The molecule has 1 aliphatic heterocycles. The van der Waals surface area contributed by atoms with Crippen molar-refractivity contribution in [3.63, 3.8) is 0 Å². The van der Waals surface area contributed by atoms with Gasteiger partial charge >= 0.3 is 0 Å². The van der Waals surface area contributed by atoms with Gasteiger partial charge in [-0.2, -0.15) is 4.31 Å². The average molecular weight is 370 g/mol. The third kappa shape index (κ3) is 3.72. The second kappa shape index (κ2) is 7.35. The van der Waals surface area contributed by atoms with Crippen molar-refractivity contribution in [3.8, 4) is 11.3 Å². The van der Waals surface area contributed by atoms with E-state index in [0.717, 1.165) is 37.8 Å². The van der Waals surface area contributed by atoms with Crippen molar-refractivity contribution in [1.82, 2.24) is 14.4 Å². The zero-order valence-electron chi connectivity index (χ0n) is 14.0. The van der Waals surface area contributed by atoms with Crippen molar-refractivity contribution in [1.29, 1.82) is 0 Å². The summed E-state index contributed by atoms with van der Waals surface area (Å²) in [7, 11) is 0.579. The van der Waals surface area contributed by atoms with Gasteiger partial charge in [0.05, 0.1) is 6.20 Å². The van der Waals surface area contributed by atoms with Crippen molar-refractivity contribution >= 4 is 21.4 Å². The SMILES string of the molecule is CN(C)CC[C@@H]1CCCCN1S(=O)(=O)c1cc(-c2ccno2)cs1. The van der Waals surface area contributed by atoms with Gasteiger partial charge in [0, 0.05) is 29.6 Å². The van der Waals surface area contributed by atoms with E-state index in [-0.39, 0.29) is 6.04 Å². The molecule has 0 radical (unpaired) electrons. The fraction of sp³-hybridized carbons (Fsp3) is 0.562. The van der Waals surface area contributed by atoms with Gasteiger partial charge in [-0.05, 0) is 46.0 Å². The highest BCUT2D eigenvalue weighted by molar-refractivity contribution is 7.91. The highest BCUT2D eigenvalue weighted by atomic mass is 32.2. The summed E-state index contributed by atoms with van der Waals surface area (Å²) in [5.41, 5.74) is 0.762. The molecule has 6 nitrogen and oxygen atoms in total. The molecule has 132 valence electrons. The Morgan fingerprint density at radius 3 is 2.96 bits per heavy atom. The molecule has 1 fully saturated rings. The van der Waals surface area contributed by atoms with E-state index in [1.54, 1.807) is 22.6 Å². The lowest BCUT2D eigenvalue weighted by Gasteiger charge is -2.34. The maximum Gasteiger partial charge on any atom is 0.252 e. The summed E-state index contributed by atoms with van der Waals surface area (Å²) >= 11 is 1.25. The first kappa shape index (κ1) is 17.6. The fourth-order valence-corrected chi connectivity index (χ4v) is 6.07. The molecule has 0 aromatic carbocycles. The third-order valence-electron chi connectivity index (χ3n) is 4.34. The zero-order valence-corrected chi connectivity index (χ0v) is 15.6. The van der Waals surface area contributed by atoms with Crippen molar-refractivity contribution in [2.24, 2.45) is 0 Å². The Hall–Kier alpha value is -1.22. The molecule has 0 unspecified atom stereocenters. The Morgan fingerprint density at radius 2 is 2.25 bits per heavy atom. The lowest BCUT2D eigenvalue weighted by atomic mass is 10.0. The molecule has 1 atom stereocenters. The Morgan fingerprint density at radius 1 is 1.42 bits per heavy atom. The highest BCUT2D eigenvalue weighted by Crippen LogP contribution is 2.33. The van der Waals surface area contributed by atoms with Crippen LogP contribution in [0.25, 0.3) is 11.3 Å². The molecule has 0 spiro atoms. The van der Waals surface area contributed by atoms with E-state index in [9.17, 15) is 8.42 Å². The predicted octanol–water partition coefficient (Wildman–Crippen LogP) is 2.90. The van der Waals surface area contributed by atoms with Crippen LogP contribution in [-0.4, -0.2) is 56.0 Å². The van der Waals surface area contributed by atoms with Crippen molar-refractivity contribution in [3.05, 3.63) is 23.7 Å². The van der Waals surface area contributed by atoms with Crippen LogP contribution in [0.15, 0.2) is 32.4 Å². The first-order chi connectivity index (χ1) is 11.5. The molecule has 2 aromatic heterocycles. The van der Waals surface area contributed by atoms with Gasteiger partial charge in [-0.25, -0.2) is 8.42 Å². The second-order valence-electron chi connectivity index (χ2n) is 6.39. The van der Waals surface area contributed by atoms with E-state index >= 15 is 0 Å². The number of sulfonamides is 1. The van der Waals surface area contributed by atoms with Crippen molar-refractivity contribution in [2.75, 3.05) is 27.2 Å². The van der Waals surface area contributed by atoms with Gasteiger partial charge in [0.2, 0.25) is 0 Å². The molecule has 8 heteroatoms. The predicted molar refractivity (Wildman–Crippen MR) is 94.5 cm³/mol. The molecule has 0 N–H and O–H groups in total. The summed E-state index contributed by atoms with van der Waals surface area (Å²) in [5.74, 6) is 0.593. The lowest BCUT2D eigenvalue weighted by molar-refractivity contribution is 0.223. The van der Waals surface area contributed by atoms with Gasteiger partial charge in [0.25, 0.3) is 10.0 Å². The molecule has 1 aliphatic rings. The second-order valence-corrected chi connectivity index (χ2v) is 9.42. The maximum atomic E-state index is 13.1. The minimum atomic E-state index is -3.46. The molecule has 3 rings (SSSR count). The molecule has 0 aliphatic carbocycles. The monoisotopic (exact) mass is 369 g/mol. The van der Waals surface area contributed by atoms with Gasteiger partial charge in [0.1, 0.15) is 4.21 Å². The summed E-state index contributed by atoms with van der Waals surface area (Å²) in [6.45, 7) is 1.50. The number of hydrogen-bond acceptors (Lipinski definition) is 6. The average Bonchev–Trinajstić information content (AvgIpc) is 3.24. The molecule has 1 saturated heterocycles. The van der Waals surface area contributed by atoms with Gasteiger partial charge in [-0.3, -0.25) is 0 Å². The third-order valence-corrected chi connectivity index (χ3v) is 7.71. The molecular formula is C16H23N3O3S2. The standard InChI is InChI=1S/C16H23N3O3S2/c1-18(2)10-7-14-5-3-4-9-19(14)24(20,21)16-11-13(12-23-16)15-6-8-17-22-15/h6,8,11-12,14H,3-5,7,9-10H2,1-2H3/t14-/m0/s1. The number of thiophene rings is 1. The lowest BCUT2D eigenvalue weighted by Crippen LogP contribution is -2.44. The van der Waals surface area contributed by atoms with Crippen LogP contribution in [0.2, 0.25) is 0 Å². The minimum Gasteiger partial charge on any atom is -0.356 e. The Bertz CT molecular complexity index is 753. The number of nitrogens with zero attached hydrogens (tertiary/aromatic N) is 3. The van der Waals surface area contributed by atoms with Crippen LogP contribution in [0.1, 0.15) is 25.7 Å². The number of hydrogen-bond donors (Lipinski definition) is 0. The van der Waals surface area contributed by atoms with E-state index in [0.29, 0.717) is 16.5 Å². The first-order valence-corrected chi connectivity index (χ1v) is 10.5. The maximum absolute atomic E-state index is 13.1. The van der Waals surface area contributed by atoms with Gasteiger partial charge < -0.3 is 9.42 Å². The Balaban J connectivity index is 1.82. The largest absolute Gasteiger partial charge is 0.356 e. The van der Waals surface area contributed by atoms with Crippen LogP contribution >= 0.6 is 11.3 Å². The fourth-order valence-electron chi connectivity index (χ4n) is 3.05. The summed E-state index contributed by atoms with van der Waals surface area (Å²) in [4.78, 5) is 2.10. The molecule has 0 saturated carbocycles. The number of aromatic nitrogens is 1. The van der Waals surface area contributed by atoms with E-state index in [1.807, 2.05) is 19.5 Å². The molecular weight excluding hydrogens is 346 g/mol. The Kier molecular flexibility index (Phi) is 5.39. The molecule has 24 heavy (non-hydrogen) atoms. The quantitative estimate of drug-likeness (QED) is 0.783. The molecule has 2 aromatic rings. The van der Waals surface area contributed by atoms with E-state index in [2.05, 4.69) is 10.1 Å². The number of rotatable bonds is 6.